The van der Waals surface area contributed by atoms with Crippen LogP contribution in [-0.2, 0) is 4.79 Å². The van der Waals surface area contributed by atoms with Crippen LogP contribution in [0.2, 0.25) is 0 Å². The molecule has 0 radical (unpaired) electrons. The summed E-state index contributed by atoms with van der Waals surface area (Å²) in [6.07, 6.45) is 6.42. The quantitative estimate of drug-likeness (QED) is 0.853. The van der Waals surface area contributed by atoms with Crippen LogP contribution in [0.3, 0.4) is 0 Å². The molecule has 3 nitrogen and oxygen atoms in total. The van der Waals surface area contributed by atoms with E-state index in [0.717, 1.165) is 29.1 Å². The van der Waals surface area contributed by atoms with Gasteiger partial charge in [0.25, 0.3) is 0 Å². The molecule has 19 heavy (non-hydrogen) atoms. The average molecular weight is 324 g/mol. The summed E-state index contributed by atoms with van der Waals surface area (Å²) in [5.41, 5.74) is 2.10. The van der Waals surface area contributed by atoms with Crippen molar-refractivity contribution in [2.45, 2.75) is 32.2 Å². The molecule has 0 saturated carbocycles. The lowest BCUT2D eigenvalue weighted by molar-refractivity contribution is -0.131. The lowest BCUT2D eigenvalue weighted by Gasteiger charge is -2.27. The van der Waals surface area contributed by atoms with Gasteiger partial charge in [-0.1, -0.05) is 13.0 Å². The number of rotatable bonds is 4. The molecule has 102 valence electrons. The number of hydrogen-bond acceptors (Lipinski definition) is 2. The number of aliphatic carboxylic acids is 1. The van der Waals surface area contributed by atoms with Crippen LogP contribution >= 0.6 is 15.9 Å². The van der Waals surface area contributed by atoms with Gasteiger partial charge in [-0.2, -0.15) is 0 Å². The van der Waals surface area contributed by atoms with Crippen LogP contribution in [0.25, 0.3) is 6.08 Å². The summed E-state index contributed by atoms with van der Waals surface area (Å²) in [4.78, 5) is 12.9. The van der Waals surface area contributed by atoms with E-state index in [0.29, 0.717) is 6.04 Å². The fourth-order valence-electron chi connectivity index (χ4n) is 2.60. The first-order valence-corrected chi connectivity index (χ1v) is 7.38. The van der Waals surface area contributed by atoms with Crippen molar-refractivity contribution in [2.24, 2.45) is 0 Å². The maximum absolute atomic E-state index is 10.5. The van der Waals surface area contributed by atoms with Crippen LogP contribution < -0.4 is 4.90 Å². The summed E-state index contributed by atoms with van der Waals surface area (Å²) in [6.45, 7) is 3.32. The monoisotopic (exact) mass is 323 g/mol. The van der Waals surface area contributed by atoms with Crippen LogP contribution in [0, 0.1) is 0 Å². The molecule has 0 spiro atoms. The minimum absolute atomic E-state index is 0.622. The van der Waals surface area contributed by atoms with Gasteiger partial charge in [-0.25, -0.2) is 4.79 Å². The lowest BCUT2D eigenvalue weighted by atomic mass is 10.1. The van der Waals surface area contributed by atoms with E-state index in [2.05, 4.69) is 33.8 Å². The molecular formula is C15H18BrNO2. The number of anilines is 1. The number of carboxylic acids is 1. The van der Waals surface area contributed by atoms with Gasteiger partial charge < -0.3 is 10.0 Å². The molecule has 1 heterocycles. The zero-order chi connectivity index (χ0) is 13.8. The second-order valence-corrected chi connectivity index (χ2v) is 5.63. The molecule has 1 N–H and O–H groups in total. The van der Waals surface area contributed by atoms with E-state index in [1.54, 1.807) is 6.08 Å². The number of carboxylic acid groups (broad SMARTS) is 1. The third-order valence-electron chi connectivity index (χ3n) is 3.55. The van der Waals surface area contributed by atoms with E-state index in [1.165, 1.54) is 18.5 Å². The predicted molar refractivity (Wildman–Crippen MR) is 81.5 cm³/mol. The van der Waals surface area contributed by atoms with E-state index in [-0.39, 0.29) is 0 Å². The average Bonchev–Trinajstić information content (AvgIpc) is 2.84. The van der Waals surface area contributed by atoms with Crippen LogP contribution in [0.5, 0.6) is 0 Å². The SMILES string of the molecule is CCC1CCCN1c1ccc(/C=C/C(=O)O)cc1Br. The Morgan fingerprint density at radius 3 is 3.00 bits per heavy atom. The second-order valence-electron chi connectivity index (χ2n) is 4.78. The van der Waals surface area contributed by atoms with Crippen LogP contribution in [0.15, 0.2) is 28.7 Å². The topological polar surface area (TPSA) is 40.5 Å². The summed E-state index contributed by atoms with van der Waals surface area (Å²) in [5.74, 6) is -0.925. The van der Waals surface area contributed by atoms with Crippen molar-refractivity contribution >= 4 is 33.7 Å². The standard InChI is InChI=1S/C15H18BrNO2/c1-2-12-4-3-9-17(12)14-7-5-11(10-13(14)16)6-8-15(18)19/h5-8,10,12H,2-4,9H2,1H3,(H,18,19)/b8-6+. The van der Waals surface area contributed by atoms with E-state index in [4.69, 9.17) is 5.11 Å². The summed E-state index contributed by atoms with van der Waals surface area (Å²) < 4.78 is 1.03. The first-order chi connectivity index (χ1) is 9.11. The number of halogens is 1. The molecule has 0 aromatic heterocycles. The van der Waals surface area contributed by atoms with Gasteiger partial charge in [0, 0.05) is 23.1 Å². The Kier molecular flexibility index (Phi) is 4.64. The first kappa shape index (κ1) is 14.1. The van der Waals surface area contributed by atoms with E-state index in [1.807, 2.05) is 12.1 Å². The van der Waals surface area contributed by atoms with Gasteiger partial charge in [-0.3, -0.25) is 0 Å². The Hall–Kier alpha value is -1.29. The highest BCUT2D eigenvalue weighted by Crippen LogP contribution is 2.33. The van der Waals surface area contributed by atoms with Crippen LogP contribution in [0.4, 0.5) is 5.69 Å². The highest BCUT2D eigenvalue weighted by molar-refractivity contribution is 9.10. The van der Waals surface area contributed by atoms with Crippen LogP contribution in [-0.4, -0.2) is 23.7 Å². The van der Waals surface area contributed by atoms with E-state index >= 15 is 0 Å². The maximum Gasteiger partial charge on any atom is 0.328 e. The first-order valence-electron chi connectivity index (χ1n) is 6.59. The van der Waals surface area contributed by atoms with Crippen molar-refractivity contribution in [3.8, 4) is 0 Å². The number of carbonyl (C=O) groups is 1. The Morgan fingerprint density at radius 1 is 1.58 bits per heavy atom. The fraction of sp³-hybridized carbons (Fsp3) is 0.400. The van der Waals surface area contributed by atoms with Gasteiger partial charge in [0.05, 0.1) is 5.69 Å². The molecule has 1 aromatic carbocycles. The molecule has 4 heteroatoms. The van der Waals surface area contributed by atoms with Gasteiger partial charge in [0.2, 0.25) is 0 Å². The van der Waals surface area contributed by atoms with Crippen molar-refractivity contribution in [3.05, 3.63) is 34.3 Å². The fourth-order valence-corrected chi connectivity index (χ4v) is 3.23. The largest absolute Gasteiger partial charge is 0.478 e. The molecule has 1 unspecified atom stereocenters. The van der Waals surface area contributed by atoms with Gasteiger partial charge in [-0.15, -0.1) is 0 Å². The Balaban J connectivity index is 2.22. The zero-order valence-electron chi connectivity index (χ0n) is 11.0. The Bertz CT molecular complexity index is 499. The summed E-state index contributed by atoms with van der Waals surface area (Å²) in [6, 6.07) is 6.63. The smallest absolute Gasteiger partial charge is 0.328 e. The van der Waals surface area contributed by atoms with Crippen molar-refractivity contribution in [1.29, 1.82) is 0 Å². The summed E-state index contributed by atoms with van der Waals surface area (Å²) in [7, 11) is 0. The summed E-state index contributed by atoms with van der Waals surface area (Å²) >= 11 is 3.60. The minimum atomic E-state index is -0.925. The predicted octanol–water partition coefficient (Wildman–Crippen LogP) is 3.93. The molecule has 1 aromatic rings. The third-order valence-corrected chi connectivity index (χ3v) is 4.18. The van der Waals surface area contributed by atoms with Crippen molar-refractivity contribution < 1.29 is 9.90 Å². The molecule has 1 saturated heterocycles. The molecule has 1 fully saturated rings. The van der Waals surface area contributed by atoms with Gasteiger partial charge in [-0.05, 0) is 59.0 Å². The lowest BCUT2D eigenvalue weighted by Crippen LogP contribution is -2.28. The minimum Gasteiger partial charge on any atom is -0.478 e. The van der Waals surface area contributed by atoms with E-state index < -0.39 is 5.97 Å². The maximum atomic E-state index is 10.5. The van der Waals surface area contributed by atoms with Crippen molar-refractivity contribution in [3.63, 3.8) is 0 Å². The molecule has 1 atom stereocenters. The van der Waals surface area contributed by atoms with Crippen LogP contribution in [0.1, 0.15) is 31.7 Å². The van der Waals surface area contributed by atoms with E-state index in [9.17, 15) is 4.79 Å². The molecule has 0 aliphatic carbocycles. The number of hydrogen-bond donors (Lipinski definition) is 1. The van der Waals surface area contributed by atoms with Gasteiger partial charge in [0.15, 0.2) is 0 Å². The highest BCUT2D eigenvalue weighted by atomic mass is 79.9. The molecular weight excluding hydrogens is 306 g/mol. The Morgan fingerprint density at radius 2 is 2.37 bits per heavy atom. The third kappa shape index (κ3) is 3.38. The molecule has 0 bridgehead atoms. The Labute approximate surface area is 122 Å². The normalized spacial score (nSPS) is 19.3. The second kappa shape index (κ2) is 6.24. The van der Waals surface area contributed by atoms with Gasteiger partial charge >= 0.3 is 5.97 Å². The van der Waals surface area contributed by atoms with Crippen molar-refractivity contribution in [1.82, 2.24) is 0 Å². The molecule has 1 aliphatic heterocycles. The molecule has 2 rings (SSSR count). The highest BCUT2D eigenvalue weighted by Gasteiger charge is 2.24. The molecule has 1 aliphatic rings. The summed E-state index contributed by atoms with van der Waals surface area (Å²) in [5, 5.41) is 8.63. The van der Waals surface area contributed by atoms with Crippen molar-refractivity contribution in [2.75, 3.05) is 11.4 Å². The molecule has 0 amide bonds. The van der Waals surface area contributed by atoms with Gasteiger partial charge in [0.1, 0.15) is 0 Å². The zero-order valence-corrected chi connectivity index (χ0v) is 12.6. The number of benzene rings is 1. The number of nitrogens with zero attached hydrogens (tertiary/aromatic N) is 1.